The Hall–Kier alpha value is -2.57. The molecule has 0 aliphatic rings. The molecule has 0 saturated heterocycles. The van der Waals surface area contributed by atoms with Crippen molar-refractivity contribution in [3.8, 4) is 5.75 Å². The fourth-order valence-electron chi connectivity index (χ4n) is 1.39. The lowest BCUT2D eigenvalue weighted by atomic mass is 10.3. The molecule has 0 unspecified atom stereocenters. The molecule has 0 spiro atoms. The third-order valence-electron chi connectivity index (χ3n) is 2.14. The lowest BCUT2D eigenvalue weighted by Gasteiger charge is -2.09. The molecule has 0 radical (unpaired) electrons. The number of ether oxygens (including phenoxy) is 1. The highest BCUT2D eigenvalue weighted by atomic mass is 16.5. The van der Waals surface area contributed by atoms with E-state index in [1.807, 2.05) is 0 Å². The van der Waals surface area contributed by atoms with E-state index in [-0.39, 0.29) is 5.91 Å². The van der Waals surface area contributed by atoms with E-state index in [0.29, 0.717) is 24.5 Å². The third kappa shape index (κ3) is 6.39. The zero-order valence-corrected chi connectivity index (χ0v) is 11.4. The minimum Gasteiger partial charge on any atom is -0.427 e. The van der Waals surface area contributed by atoms with Gasteiger partial charge in [-0.2, -0.15) is 0 Å². The molecular formula is C13H17N3O4. The molecule has 0 heterocycles. The molecule has 1 aromatic carbocycles. The molecule has 0 saturated carbocycles. The number of amides is 3. The Morgan fingerprint density at radius 2 is 1.80 bits per heavy atom. The van der Waals surface area contributed by atoms with Crippen LogP contribution in [-0.4, -0.2) is 31.0 Å². The molecule has 0 bridgehead atoms. The third-order valence-corrected chi connectivity index (χ3v) is 2.14. The number of anilines is 1. The van der Waals surface area contributed by atoms with Crippen molar-refractivity contribution in [2.75, 3.05) is 18.4 Å². The number of esters is 1. The van der Waals surface area contributed by atoms with Gasteiger partial charge >= 0.3 is 12.0 Å². The van der Waals surface area contributed by atoms with Crippen LogP contribution in [0.25, 0.3) is 0 Å². The summed E-state index contributed by atoms with van der Waals surface area (Å²) in [6.45, 7) is 3.38. The van der Waals surface area contributed by atoms with E-state index in [2.05, 4.69) is 16.0 Å². The molecule has 7 nitrogen and oxygen atoms in total. The largest absolute Gasteiger partial charge is 0.427 e. The predicted molar refractivity (Wildman–Crippen MR) is 73.5 cm³/mol. The lowest BCUT2D eigenvalue weighted by molar-refractivity contribution is -0.131. The maximum absolute atomic E-state index is 11.5. The Labute approximate surface area is 116 Å². The standard InChI is InChI=1S/C13H17N3O4/c1-9(17)14-6-7-15-13(19)16-11-4-3-5-12(8-11)20-10(2)18/h3-5,8H,6-7H2,1-2H3,(H,14,17)(H2,15,16,19). The normalized spacial score (nSPS) is 9.50. The quantitative estimate of drug-likeness (QED) is 0.423. The first kappa shape index (κ1) is 15.5. The minimum atomic E-state index is -0.429. The number of benzene rings is 1. The summed E-state index contributed by atoms with van der Waals surface area (Å²) in [5, 5.41) is 7.72. The van der Waals surface area contributed by atoms with Gasteiger partial charge in [0, 0.05) is 38.7 Å². The number of hydrogen-bond acceptors (Lipinski definition) is 4. The van der Waals surface area contributed by atoms with Crippen LogP contribution in [0, 0.1) is 0 Å². The van der Waals surface area contributed by atoms with Crippen molar-refractivity contribution in [3.63, 3.8) is 0 Å². The second kappa shape index (κ2) is 7.78. The van der Waals surface area contributed by atoms with Crippen LogP contribution >= 0.6 is 0 Å². The van der Waals surface area contributed by atoms with E-state index < -0.39 is 12.0 Å². The molecule has 1 rings (SSSR count). The second-order valence-electron chi connectivity index (χ2n) is 3.99. The van der Waals surface area contributed by atoms with Crippen LogP contribution < -0.4 is 20.7 Å². The van der Waals surface area contributed by atoms with Crippen LogP contribution in [0.1, 0.15) is 13.8 Å². The van der Waals surface area contributed by atoms with Gasteiger partial charge in [0.15, 0.2) is 0 Å². The first-order valence-electron chi connectivity index (χ1n) is 6.05. The van der Waals surface area contributed by atoms with Gasteiger partial charge in [-0.3, -0.25) is 9.59 Å². The number of urea groups is 1. The van der Waals surface area contributed by atoms with Crippen LogP contribution in [0.4, 0.5) is 10.5 Å². The zero-order valence-electron chi connectivity index (χ0n) is 11.4. The highest BCUT2D eigenvalue weighted by Gasteiger charge is 2.03. The molecule has 7 heteroatoms. The summed E-state index contributed by atoms with van der Waals surface area (Å²) in [6, 6.07) is 6.07. The van der Waals surface area contributed by atoms with Gasteiger partial charge in [0.1, 0.15) is 5.75 Å². The molecule has 0 aromatic heterocycles. The molecule has 3 N–H and O–H groups in total. The Morgan fingerprint density at radius 1 is 1.10 bits per heavy atom. The van der Waals surface area contributed by atoms with E-state index in [1.165, 1.54) is 19.9 Å². The van der Waals surface area contributed by atoms with Gasteiger partial charge in [-0.05, 0) is 12.1 Å². The summed E-state index contributed by atoms with van der Waals surface area (Å²) in [4.78, 5) is 33.0. The first-order valence-corrected chi connectivity index (χ1v) is 6.05. The summed E-state index contributed by atoms with van der Waals surface area (Å²) in [5.74, 6) is -0.225. The minimum absolute atomic E-state index is 0.152. The Morgan fingerprint density at radius 3 is 2.45 bits per heavy atom. The van der Waals surface area contributed by atoms with Gasteiger partial charge in [0.25, 0.3) is 0 Å². The number of nitrogens with one attached hydrogen (secondary N) is 3. The number of carbonyl (C=O) groups excluding carboxylic acids is 3. The Bertz CT molecular complexity index is 502. The van der Waals surface area contributed by atoms with E-state index >= 15 is 0 Å². The van der Waals surface area contributed by atoms with Crippen molar-refractivity contribution in [1.29, 1.82) is 0 Å². The average molecular weight is 279 g/mol. The first-order chi connectivity index (χ1) is 9.47. The van der Waals surface area contributed by atoms with Gasteiger partial charge in [0.2, 0.25) is 5.91 Å². The molecule has 20 heavy (non-hydrogen) atoms. The van der Waals surface area contributed by atoms with Gasteiger partial charge in [-0.1, -0.05) is 6.07 Å². The molecule has 0 aliphatic heterocycles. The highest BCUT2D eigenvalue weighted by molar-refractivity contribution is 5.89. The topological polar surface area (TPSA) is 96.5 Å². The predicted octanol–water partition coefficient (Wildman–Crippen LogP) is 0.869. The smallest absolute Gasteiger partial charge is 0.319 e. The Balaban J connectivity index is 2.41. The Kier molecular flexibility index (Phi) is 6.02. The van der Waals surface area contributed by atoms with E-state index in [4.69, 9.17) is 4.74 Å². The molecular weight excluding hydrogens is 262 g/mol. The lowest BCUT2D eigenvalue weighted by Crippen LogP contribution is -2.36. The zero-order chi connectivity index (χ0) is 15.0. The van der Waals surface area contributed by atoms with Crippen LogP contribution in [0.3, 0.4) is 0 Å². The summed E-state index contributed by atoms with van der Waals surface area (Å²) in [5.41, 5.74) is 0.501. The van der Waals surface area contributed by atoms with Crippen LogP contribution in [0.5, 0.6) is 5.75 Å². The van der Waals surface area contributed by atoms with Crippen LogP contribution in [0.15, 0.2) is 24.3 Å². The molecule has 108 valence electrons. The van der Waals surface area contributed by atoms with Crippen molar-refractivity contribution in [1.82, 2.24) is 10.6 Å². The van der Waals surface area contributed by atoms with Crippen molar-refractivity contribution < 1.29 is 19.1 Å². The van der Waals surface area contributed by atoms with Crippen molar-refractivity contribution in [3.05, 3.63) is 24.3 Å². The van der Waals surface area contributed by atoms with Gasteiger partial charge < -0.3 is 20.7 Å². The molecule has 1 aromatic rings. The second-order valence-corrected chi connectivity index (χ2v) is 3.99. The fraction of sp³-hybridized carbons (Fsp3) is 0.308. The molecule has 0 atom stereocenters. The highest BCUT2D eigenvalue weighted by Crippen LogP contribution is 2.17. The van der Waals surface area contributed by atoms with Gasteiger partial charge in [-0.15, -0.1) is 0 Å². The van der Waals surface area contributed by atoms with Crippen molar-refractivity contribution >= 4 is 23.6 Å². The maximum atomic E-state index is 11.5. The molecule has 0 fully saturated rings. The van der Waals surface area contributed by atoms with Crippen molar-refractivity contribution in [2.45, 2.75) is 13.8 Å². The SMILES string of the molecule is CC(=O)NCCNC(=O)Nc1cccc(OC(C)=O)c1. The maximum Gasteiger partial charge on any atom is 0.319 e. The van der Waals surface area contributed by atoms with Crippen LogP contribution in [-0.2, 0) is 9.59 Å². The van der Waals surface area contributed by atoms with Crippen LogP contribution in [0.2, 0.25) is 0 Å². The van der Waals surface area contributed by atoms with Gasteiger partial charge in [-0.25, -0.2) is 4.79 Å². The monoisotopic (exact) mass is 279 g/mol. The summed E-state index contributed by atoms with van der Waals surface area (Å²) >= 11 is 0. The van der Waals surface area contributed by atoms with E-state index in [1.54, 1.807) is 18.2 Å². The van der Waals surface area contributed by atoms with E-state index in [0.717, 1.165) is 0 Å². The molecule has 3 amide bonds. The summed E-state index contributed by atoms with van der Waals surface area (Å²) in [7, 11) is 0. The van der Waals surface area contributed by atoms with E-state index in [9.17, 15) is 14.4 Å². The van der Waals surface area contributed by atoms with Gasteiger partial charge in [0.05, 0.1) is 0 Å². The average Bonchev–Trinajstić information content (AvgIpc) is 2.34. The van der Waals surface area contributed by atoms with Crippen molar-refractivity contribution in [2.24, 2.45) is 0 Å². The summed E-state index contributed by atoms with van der Waals surface area (Å²) < 4.78 is 4.90. The fourth-order valence-corrected chi connectivity index (χ4v) is 1.39. The number of hydrogen-bond donors (Lipinski definition) is 3. The molecule has 0 aliphatic carbocycles. The number of carbonyl (C=O) groups is 3. The number of rotatable bonds is 5. The summed E-state index contributed by atoms with van der Waals surface area (Å²) in [6.07, 6.45) is 0.